The molecule has 1 aliphatic carbocycles. The Balaban J connectivity index is 1.07. The SMILES string of the molecule is C[C@@H]1CN(c2cccc3sccc23)CCN1CCC1CCC(Nc2ccc(C#N)cn2)CC1. The number of nitrogens with one attached hydrogen (secondary N) is 1. The number of hydrogen-bond acceptors (Lipinski definition) is 6. The quantitative estimate of drug-likeness (QED) is 0.509. The molecule has 2 aliphatic rings. The average molecular weight is 460 g/mol. The Morgan fingerprint density at radius 1 is 1.12 bits per heavy atom. The summed E-state index contributed by atoms with van der Waals surface area (Å²) in [6, 6.07) is 16.0. The monoisotopic (exact) mass is 459 g/mol. The lowest BCUT2D eigenvalue weighted by Gasteiger charge is -2.42. The summed E-state index contributed by atoms with van der Waals surface area (Å²) in [6.45, 7) is 7.00. The molecule has 0 radical (unpaired) electrons. The summed E-state index contributed by atoms with van der Waals surface area (Å²) in [4.78, 5) is 9.66. The van der Waals surface area contributed by atoms with Crippen molar-refractivity contribution in [3.63, 3.8) is 0 Å². The number of pyridine rings is 1. The highest BCUT2D eigenvalue weighted by atomic mass is 32.1. The van der Waals surface area contributed by atoms with E-state index in [0.29, 0.717) is 17.6 Å². The summed E-state index contributed by atoms with van der Waals surface area (Å²) in [5.41, 5.74) is 2.02. The van der Waals surface area contributed by atoms with Crippen LogP contribution in [-0.2, 0) is 0 Å². The van der Waals surface area contributed by atoms with Crippen LogP contribution in [0.3, 0.4) is 0 Å². The number of nitriles is 1. The first-order chi connectivity index (χ1) is 16.2. The van der Waals surface area contributed by atoms with Crippen molar-refractivity contribution in [3.05, 3.63) is 53.5 Å². The van der Waals surface area contributed by atoms with Crippen molar-refractivity contribution in [2.24, 2.45) is 5.92 Å². The summed E-state index contributed by atoms with van der Waals surface area (Å²) >= 11 is 1.84. The molecule has 1 saturated carbocycles. The number of fused-ring (bicyclic) bond motifs is 1. The molecule has 33 heavy (non-hydrogen) atoms. The van der Waals surface area contributed by atoms with Gasteiger partial charge in [0.25, 0.3) is 0 Å². The highest BCUT2D eigenvalue weighted by Gasteiger charge is 2.27. The molecule has 0 unspecified atom stereocenters. The Labute approximate surface area is 201 Å². The minimum Gasteiger partial charge on any atom is -0.368 e. The Morgan fingerprint density at radius 2 is 2.00 bits per heavy atom. The fourth-order valence-corrected chi connectivity index (χ4v) is 6.31. The van der Waals surface area contributed by atoms with E-state index < -0.39 is 0 Å². The van der Waals surface area contributed by atoms with E-state index in [9.17, 15) is 0 Å². The van der Waals surface area contributed by atoms with Gasteiger partial charge in [0.2, 0.25) is 0 Å². The van der Waals surface area contributed by atoms with Gasteiger partial charge < -0.3 is 10.2 Å². The maximum Gasteiger partial charge on any atom is 0.126 e. The van der Waals surface area contributed by atoms with Crippen molar-refractivity contribution in [2.45, 2.75) is 51.1 Å². The molecule has 2 fully saturated rings. The Hall–Kier alpha value is -2.62. The van der Waals surface area contributed by atoms with Gasteiger partial charge in [-0.15, -0.1) is 11.3 Å². The maximum absolute atomic E-state index is 8.92. The zero-order chi connectivity index (χ0) is 22.6. The van der Waals surface area contributed by atoms with E-state index in [-0.39, 0.29) is 0 Å². The molecule has 1 atom stereocenters. The van der Waals surface area contributed by atoms with E-state index in [0.717, 1.165) is 31.4 Å². The van der Waals surface area contributed by atoms with E-state index >= 15 is 0 Å². The summed E-state index contributed by atoms with van der Waals surface area (Å²) in [6.07, 6.45) is 7.97. The third-order valence-electron chi connectivity index (χ3n) is 7.49. The number of nitrogens with zero attached hydrogens (tertiary/aromatic N) is 4. The fraction of sp³-hybridized carbons (Fsp3) is 0.481. The molecule has 0 spiro atoms. The van der Waals surface area contributed by atoms with Crippen molar-refractivity contribution in [1.29, 1.82) is 5.26 Å². The van der Waals surface area contributed by atoms with Crippen LogP contribution in [0.25, 0.3) is 10.1 Å². The van der Waals surface area contributed by atoms with Gasteiger partial charge in [0, 0.05) is 53.7 Å². The molecule has 1 aromatic carbocycles. The molecule has 1 aliphatic heterocycles. The lowest BCUT2D eigenvalue weighted by atomic mass is 9.84. The molecule has 5 nitrogen and oxygen atoms in total. The van der Waals surface area contributed by atoms with Gasteiger partial charge >= 0.3 is 0 Å². The van der Waals surface area contributed by atoms with Crippen LogP contribution in [-0.4, -0.2) is 48.1 Å². The van der Waals surface area contributed by atoms with Gasteiger partial charge in [0.15, 0.2) is 0 Å². The minimum atomic E-state index is 0.504. The molecule has 5 rings (SSSR count). The van der Waals surface area contributed by atoms with Gasteiger partial charge in [0.05, 0.1) is 5.56 Å². The van der Waals surface area contributed by atoms with Crippen molar-refractivity contribution in [1.82, 2.24) is 9.88 Å². The van der Waals surface area contributed by atoms with Crippen LogP contribution in [0.15, 0.2) is 48.0 Å². The smallest absolute Gasteiger partial charge is 0.126 e. The highest BCUT2D eigenvalue weighted by molar-refractivity contribution is 7.17. The fourth-order valence-electron chi connectivity index (χ4n) is 5.50. The number of aromatic nitrogens is 1. The number of thiophene rings is 1. The largest absolute Gasteiger partial charge is 0.368 e. The van der Waals surface area contributed by atoms with Crippen LogP contribution in [0.5, 0.6) is 0 Å². The number of rotatable bonds is 6. The first-order valence-corrected chi connectivity index (χ1v) is 13.2. The Bertz CT molecular complexity index is 1090. The van der Waals surface area contributed by atoms with Gasteiger partial charge in [-0.3, -0.25) is 4.90 Å². The molecule has 3 aromatic rings. The lowest BCUT2D eigenvalue weighted by molar-refractivity contribution is 0.167. The van der Waals surface area contributed by atoms with E-state index in [1.54, 1.807) is 6.20 Å². The van der Waals surface area contributed by atoms with Crippen molar-refractivity contribution in [2.75, 3.05) is 36.4 Å². The number of piperazine rings is 1. The molecule has 1 saturated heterocycles. The van der Waals surface area contributed by atoms with Crippen LogP contribution in [0, 0.1) is 17.2 Å². The predicted octanol–water partition coefficient (Wildman–Crippen LogP) is 5.74. The molecule has 0 bridgehead atoms. The zero-order valence-electron chi connectivity index (χ0n) is 19.4. The van der Waals surface area contributed by atoms with Gasteiger partial charge in [0.1, 0.15) is 11.9 Å². The normalized spacial score (nSPS) is 24.0. The van der Waals surface area contributed by atoms with Gasteiger partial charge in [-0.1, -0.05) is 6.07 Å². The summed E-state index contributed by atoms with van der Waals surface area (Å²) in [7, 11) is 0. The second-order valence-electron chi connectivity index (χ2n) is 9.64. The molecule has 1 N–H and O–H groups in total. The molecule has 3 heterocycles. The van der Waals surface area contributed by atoms with E-state index in [1.165, 1.54) is 54.4 Å². The van der Waals surface area contributed by atoms with Gasteiger partial charge in [-0.2, -0.15) is 5.26 Å². The standard InChI is InChI=1S/C27H33N5S/c1-20-19-32(25-3-2-4-26-24(25)12-16-33-26)15-14-31(20)13-11-21-5-8-23(9-6-21)30-27-10-7-22(17-28)18-29-27/h2-4,7,10,12,16,18,20-21,23H,5-6,8-9,11,13-15,19H2,1H3,(H,29,30)/t20-,21?,23?/m1/s1. The third kappa shape index (κ3) is 5.15. The Morgan fingerprint density at radius 3 is 2.76 bits per heavy atom. The molecule has 6 heteroatoms. The van der Waals surface area contributed by atoms with Crippen molar-refractivity contribution < 1.29 is 0 Å². The second kappa shape index (κ2) is 10.1. The van der Waals surface area contributed by atoms with Crippen LogP contribution in [0.1, 0.15) is 44.6 Å². The number of anilines is 2. The predicted molar refractivity (Wildman–Crippen MR) is 138 cm³/mol. The zero-order valence-corrected chi connectivity index (χ0v) is 20.2. The summed E-state index contributed by atoms with van der Waals surface area (Å²) in [5.74, 6) is 1.73. The van der Waals surface area contributed by atoms with E-state index in [2.05, 4.69) is 62.7 Å². The van der Waals surface area contributed by atoms with Crippen molar-refractivity contribution >= 4 is 32.9 Å². The first-order valence-electron chi connectivity index (χ1n) is 12.3. The lowest BCUT2D eigenvalue weighted by Crippen LogP contribution is -2.52. The highest BCUT2D eigenvalue weighted by Crippen LogP contribution is 2.33. The first kappa shape index (κ1) is 22.2. The third-order valence-corrected chi connectivity index (χ3v) is 8.38. The van der Waals surface area contributed by atoms with E-state index in [1.807, 2.05) is 23.5 Å². The van der Waals surface area contributed by atoms with Crippen LogP contribution in [0.2, 0.25) is 0 Å². The van der Waals surface area contributed by atoms with Gasteiger partial charge in [-0.25, -0.2) is 4.98 Å². The van der Waals surface area contributed by atoms with E-state index in [4.69, 9.17) is 5.26 Å². The maximum atomic E-state index is 8.92. The molecular formula is C27H33N5S. The summed E-state index contributed by atoms with van der Waals surface area (Å²) in [5, 5.41) is 16.1. The Kier molecular flexibility index (Phi) is 6.80. The number of benzene rings is 1. The van der Waals surface area contributed by atoms with Crippen LogP contribution >= 0.6 is 11.3 Å². The molecule has 172 valence electrons. The van der Waals surface area contributed by atoms with Gasteiger partial charge in [-0.05, 0) is 87.2 Å². The number of hydrogen-bond donors (Lipinski definition) is 1. The average Bonchev–Trinajstić information content (AvgIpc) is 3.34. The molecular weight excluding hydrogens is 426 g/mol. The van der Waals surface area contributed by atoms with Crippen LogP contribution < -0.4 is 10.2 Å². The van der Waals surface area contributed by atoms with Crippen molar-refractivity contribution in [3.8, 4) is 6.07 Å². The second-order valence-corrected chi connectivity index (χ2v) is 10.6. The van der Waals surface area contributed by atoms with Crippen LogP contribution in [0.4, 0.5) is 11.5 Å². The topological polar surface area (TPSA) is 55.2 Å². The molecule has 2 aromatic heterocycles. The molecule has 0 amide bonds. The summed E-state index contributed by atoms with van der Waals surface area (Å²) < 4.78 is 1.39. The minimum absolute atomic E-state index is 0.504.